The van der Waals surface area contributed by atoms with Gasteiger partial charge in [0.1, 0.15) is 0 Å². The van der Waals surface area contributed by atoms with Crippen molar-refractivity contribution in [2.75, 3.05) is 12.4 Å². The first-order valence-corrected chi connectivity index (χ1v) is 7.60. The van der Waals surface area contributed by atoms with Crippen LogP contribution >= 0.6 is 10.7 Å². The molecule has 0 saturated heterocycles. The number of ether oxygens (including phenoxy) is 1. The topological polar surface area (TPSA) is 43.4 Å². The van der Waals surface area contributed by atoms with E-state index in [0.29, 0.717) is 0 Å². The minimum Gasteiger partial charge on any atom is -0.377 e. The van der Waals surface area contributed by atoms with Gasteiger partial charge in [-0.25, -0.2) is 8.42 Å². The summed E-state index contributed by atoms with van der Waals surface area (Å²) in [6.07, 6.45) is 7.29. The highest BCUT2D eigenvalue weighted by Gasteiger charge is 2.13. The van der Waals surface area contributed by atoms with Gasteiger partial charge in [-0.1, -0.05) is 25.7 Å². The van der Waals surface area contributed by atoms with Crippen LogP contribution in [0.15, 0.2) is 0 Å². The predicted octanol–water partition coefficient (Wildman–Crippen LogP) is 2.29. The van der Waals surface area contributed by atoms with Crippen LogP contribution in [0.1, 0.15) is 38.5 Å². The molecule has 1 aliphatic rings. The molecule has 0 heterocycles. The first kappa shape index (κ1) is 12.3. The van der Waals surface area contributed by atoms with Crippen molar-refractivity contribution < 1.29 is 13.2 Å². The van der Waals surface area contributed by atoms with Crippen LogP contribution < -0.4 is 0 Å². The van der Waals surface area contributed by atoms with Gasteiger partial charge in [-0.2, -0.15) is 0 Å². The molecule has 1 rings (SSSR count). The third-order valence-electron chi connectivity index (χ3n) is 2.48. The molecular formula is C9H17ClO3S. The third-order valence-corrected chi connectivity index (χ3v) is 3.60. The van der Waals surface area contributed by atoms with Crippen molar-refractivity contribution >= 4 is 19.7 Å². The van der Waals surface area contributed by atoms with Crippen molar-refractivity contribution in [2.45, 2.75) is 44.6 Å². The van der Waals surface area contributed by atoms with E-state index in [1.54, 1.807) is 0 Å². The summed E-state index contributed by atoms with van der Waals surface area (Å²) in [5.74, 6) is -0.0783. The van der Waals surface area contributed by atoms with Gasteiger partial charge < -0.3 is 4.74 Å². The predicted molar refractivity (Wildman–Crippen MR) is 57.1 cm³/mol. The molecular weight excluding hydrogens is 224 g/mol. The van der Waals surface area contributed by atoms with Crippen molar-refractivity contribution in [1.29, 1.82) is 0 Å². The van der Waals surface area contributed by atoms with Crippen LogP contribution in [0, 0.1) is 0 Å². The Kier molecular flexibility index (Phi) is 5.20. The van der Waals surface area contributed by atoms with E-state index in [0.717, 1.165) is 12.8 Å². The fourth-order valence-electron chi connectivity index (χ4n) is 1.72. The van der Waals surface area contributed by atoms with Gasteiger partial charge in [0.05, 0.1) is 18.5 Å². The van der Waals surface area contributed by atoms with Crippen molar-refractivity contribution in [1.82, 2.24) is 0 Å². The van der Waals surface area contributed by atoms with Gasteiger partial charge in [-0.15, -0.1) is 0 Å². The Morgan fingerprint density at radius 3 is 2.21 bits per heavy atom. The van der Waals surface area contributed by atoms with Gasteiger partial charge in [-0.3, -0.25) is 0 Å². The lowest BCUT2D eigenvalue weighted by Gasteiger charge is -2.14. The molecule has 84 valence electrons. The highest BCUT2D eigenvalue weighted by Crippen LogP contribution is 2.19. The van der Waals surface area contributed by atoms with E-state index in [2.05, 4.69) is 0 Å². The van der Waals surface area contributed by atoms with Gasteiger partial charge in [0.2, 0.25) is 9.05 Å². The number of hydrogen-bond acceptors (Lipinski definition) is 3. The molecule has 0 aliphatic heterocycles. The molecule has 5 heteroatoms. The van der Waals surface area contributed by atoms with Crippen LogP contribution in [0.5, 0.6) is 0 Å². The van der Waals surface area contributed by atoms with Crippen molar-refractivity contribution in [3.63, 3.8) is 0 Å². The molecule has 0 unspecified atom stereocenters. The third kappa shape index (κ3) is 5.83. The van der Waals surface area contributed by atoms with Crippen LogP contribution in [0.3, 0.4) is 0 Å². The van der Waals surface area contributed by atoms with Crippen LogP contribution in [-0.4, -0.2) is 26.9 Å². The summed E-state index contributed by atoms with van der Waals surface area (Å²) < 4.78 is 26.7. The maximum absolute atomic E-state index is 10.6. The maximum atomic E-state index is 10.6. The zero-order valence-corrected chi connectivity index (χ0v) is 9.82. The second kappa shape index (κ2) is 5.93. The summed E-state index contributed by atoms with van der Waals surface area (Å²) in [5.41, 5.74) is 0. The Morgan fingerprint density at radius 1 is 1.14 bits per heavy atom. The van der Waals surface area contributed by atoms with E-state index in [9.17, 15) is 8.42 Å². The molecule has 0 N–H and O–H groups in total. The summed E-state index contributed by atoms with van der Waals surface area (Å²) in [7, 11) is 1.69. The number of halogens is 1. The van der Waals surface area contributed by atoms with Gasteiger partial charge in [-0.05, 0) is 12.8 Å². The molecule has 0 spiro atoms. The van der Waals surface area contributed by atoms with E-state index in [1.165, 1.54) is 25.7 Å². The molecule has 14 heavy (non-hydrogen) atoms. The second-order valence-electron chi connectivity index (χ2n) is 3.73. The van der Waals surface area contributed by atoms with Gasteiger partial charge in [0, 0.05) is 10.7 Å². The van der Waals surface area contributed by atoms with E-state index in [1.807, 2.05) is 0 Å². The molecule has 0 bridgehead atoms. The van der Waals surface area contributed by atoms with Crippen molar-refractivity contribution in [3.8, 4) is 0 Å². The van der Waals surface area contributed by atoms with Crippen LogP contribution in [-0.2, 0) is 13.8 Å². The molecule has 0 radical (unpaired) electrons. The molecule has 1 aliphatic carbocycles. The highest BCUT2D eigenvalue weighted by atomic mass is 35.7. The Balaban J connectivity index is 2.16. The van der Waals surface area contributed by atoms with Crippen LogP contribution in [0.25, 0.3) is 0 Å². The lowest BCUT2D eigenvalue weighted by atomic mass is 10.1. The summed E-state index contributed by atoms with van der Waals surface area (Å²) in [4.78, 5) is 0. The van der Waals surface area contributed by atoms with Crippen LogP contribution in [0.4, 0.5) is 0 Å². The van der Waals surface area contributed by atoms with Crippen molar-refractivity contribution in [2.24, 2.45) is 0 Å². The standard InChI is InChI=1S/C9H17ClO3S/c10-14(11,12)8-7-13-9-5-3-1-2-4-6-9/h9H,1-8H2. The van der Waals surface area contributed by atoms with E-state index >= 15 is 0 Å². The Bertz CT molecular complexity index is 243. The SMILES string of the molecule is O=S(=O)(Cl)CCOC1CCCCCC1. The Labute approximate surface area is 90.2 Å². The second-order valence-corrected chi connectivity index (χ2v) is 6.62. The molecule has 0 aromatic heterocycles. The monoisotopic (exact) mass is 240 g/mol. The molecule has 0 atom stereocenters. The first-order valence-electron chi connectivity index (χ1n) is 5.12. The average molecular weight is 241 g/mol. The summed E-state index contributed by atoms with van der Waals surface area (Å²) >= 11 is 0. The Morgan fingerprint density at radius 2 is 1.71 bits per heavy atom. The molecule has 3 nitrogen and oxygen atoms in total. The van der Waals surface area contributed by atoms with Gasteiger partial charge >= 0.3 is 0 Å². The zero-order valence-electron chi connectivity index (χ0n) is 8.25. The lowest BCUT2D eigenvalue weighted by Crippen LogP contribution is -2.16. The smallest absolute Gasteiger partial charge is 0.234 e. The average Bonchev–Trinajstić information content (AvgIpc) is 2.30. The quantitative estimate of drug-likeness (QED) is 0.560. The zero-order chi connectivity index (χ0) is 10.4. The minimum absolute atomic E-state index is 0.0783. The first-order chi connectivity index (χ1) is 6.58. The summed E-state index contributed by atoms with van der Waals surface area (Å²) in [5, 5.41) is 0. The molecule has 1 fully saturated rings. The largest absolute Gasteiger partial charge is 0.377 e. The van der Waals surface area contributed by atoms with E-state index in [4.69, 9.17) is 15.4 Å². The fourth-order valence-corrected chi connectivity index (χ4v) is 2.21. The molecule has 0 aromatic rings. The highest BCUT2D eigenvalue weighted by molar-refractivity contribution is 8.13. The van der Waals surface area contributed by atoms with E-state index < -0.39 is 9.05 Å². The fraction of sp³-hybridized carbons (Fsp3) is 1.00. The number of hydrogen-bond donors (Lipinski definition) is 0. The Hall–Kier alpha value is 0.200. The van der Waals surface area contributed by atoms with Crippen molar-refractivity contribution in [3.05, 3.63) is 0 Å². The number of rotatable bonds is 4. The van der Waals surface area contributed by atoms with E-state index in [-0.39, 0.29) is 18.5 Å². The van der Waals surface area contributed by atoms with Gasteiger partial charge in [0.15, 0.2) is 0 Å². The maximum Gasteiger partial charge on any atom is 0.234 e. The molecule has 0 aromatic carbocycles. The molecule has 1 saturated carbocycles. The van der Waals surface area contributed by atoms with Crippen LogP contribution in [0.2, 0.25) is 0 Å². The lowest BCUT2D eigenvalue weighted by molar-refractivity contribution is 0.0538. The summed E-state index contributed by atoms with van der Waals surface area (Å²) in [6.45, 7) is 0.233. The summed E-state index contributed by atoms with van der Waals surface area (Å²) in [6, 6.07) is 0. The normalized spacial score (nSPS) is 20.6. The molecule has 0 amide bonds. The van der Waals surface area contributed by atoms with Gasteiger partial charge in [0.25, 0.3) is 0 Å². The minimum atomic E-state index is -3.39.